The molecule has 1 heterocycles. The van der Waals surface area contributed by atoms with Crippen LogP contribution in [0.15, 0.2) is 17.2 Å². The quantitative estimate of drug-likeness (QED) is 0.263. The number of piperazine rings is 1. The van der Waals surface area contributed by atoms with Gasteiger partial charge in [0, 0.05) is 18.0 Å². The number of phenolic OH excluding ortho intramolecular Hbond substituents is 1. The average Bonchev–Trinajstić information content (AvgIpc) is 2.53. The van der Waals surface area contributed by atoms with E-state index in [1.54, 1.807) is 4.90 Å². The van der Waals surface area contributed by atoms with Crippen molar-refractivity contribution in [1.29, 1.82) is 0 Å². The van der Waals surface area contributed by atoms with Crippen LogP contribution in [0.1, 0.15) is 10.4 Å². The standard InChI is InChI=1S/C12H12IN5O4/c13-10-9(15-16-14)2-1-8(11(10)20)12(21)17-3-5-18(6-4-17)22-7-19/h1-2,7,20H,3-6H2. The summed E-state index contributed by atoms with van der Waals surface area (Å²) in [6, 6.07) is 2.92. The molecule has 1 amide bonds. The highest BCUT2D eigenvalue weighted by Gasteiger charge is 2.25. The summed E-state index contributed by atoms with van der Waals surface area (Å²) in [6.45, 7) is 1.90. The van der Waals surface area contributed by atoms with E-state index in [0.717, 1.165) is 0 Å². The minimum Gasteiger partial charge on any atom is -0.506 e. The van der Waals surface area contributed by atoms with Crippen LogP contribution in [0.3, 0.4) is 0 Å². The van der Waals surface area contributed by atoms with E-state index >= 15 is 0 Å². The zero-order valence-corrected chi connectivity index (χ0v) is 13.5. The van der Waals surface area contributed by atoms with Gasteiger partial charge in [0.1, 0.15) is 5.75 Å². The van der Waals surface area contributed by atoms with Crippen LogP contribution in [0.2, 0.25) is 0 Å². The fraction of sp³-hybridized carbons (Fsp3) is 0.333. The van der Waals surface area contributed by atoms with Gasteiger partial charge >= 0.3 is 6.47 Å². The number of halogens is 1. The summed E-state index contributed by atoms with van der Waals surface area (Å²) in [5.41, 5.74) is 8.85. The fourth-order valence-electron chi connectivity index (χ4n) is 2.08. The number of phenols is 1. The molecule has 0 atom stereocenters. The summed E-state index contributed by atoms with van der Waals surface area (Å²) in [6.07, 6.45) is 0. The second-order valence-corrected chi connectivity index (χ2v) is 5.49. The van der Waals surface area contributed by atoms with Crippen LogP contribution in [0.4, 0.5) is 5.69 Å². The number of carbonyl (C=O) groups is 2. The number of hydrogen-bond acceptors (Lipinski definition) is 6. The zero-order valence-electron chi connectivity index (χ0n) is 11.3. The van der Waals surface area contributed by atoms with Crippen LogP contribution in [0, 0.1) is 3.57 Å². The molecule has 0 radical (unpaired) electrons. The van der Waals surface area contributed by atoms with Crippen LogP contribution in [0.5, 0.6) is 5.75 Å². The Morgan fingerprint density at radius 3 is 2.68 bits per heavy atom. The van der Waals surface area contributed by atoms with E-state index in [4.69, 9.17) is 10.4 Å². The first-order valence-corrected chi connectivity index (χ1v) is 7.37. The molecule has 0 aromatic heterocycles. The predicted molar refractivity (Wildman–Crippen MR) is 84.3 cm³/mol. The van der Waals surface area contributed by atoms with E-state index in [1.165, 1.54) is 17.2 Å². The number of amides is 1. The third-order valence-electron chi connectivity index (χ3n) is 3.20. The maximum Gasteiger partial charge on any atom is 0.312 e. The summed E-state index contributed by atoms with van der Waals surface area (Å²) in [4.78, 5) is 31.6. The van der Waals surface area contributed by atoms with E-state index in [2.05, 4.69) is 10.0 Å². The van der Waals surface area contributed by atoms with E-state index in [9.17, 15) is 14.7 Å². The molecule has 0 spiro atoms. The van der Waals surface area contributed by atoms with Crippen LogP contribution >= 0.6 is 22.6 Å². The van der Waals surface area contributed by atoms with E-state index in [0.29, 0.717) is 36.2 Å². The lowest BCUT2D eigenvalue weighted by Gasteiger charge is -2.32. The third-order valence-corrected chi connectivity index (χ3v) is 4.26. The molecule has 22 heavy (non-hydrogen) atoms. The topological polar surface area (TPSA) is 119 Å². The maximum atomic E-state index is 12.4. The summed E-state index contributed by atoms with van der Waals surface area (Å²) < 4.78 is 0.323. The Morgan fingerprint density at radius 2 is 2.09 bits per heavy atom. The van der Waals surface area contributed by atoms with Crippen LogP contribution in [0.25, 0.3) is 10.4 Å². The Morgan fingerprint density at radius 1 is 1.41 bits per heavy atom. The molecular weight excluding hydrogens is 405 g/mol. The van der Waals surface area contributed by atoms with Crippen molar-refractivity contribution in [3.63, 3.8) is 0 Å². The Kier molecular flexibility index (Phi) is 5.41. The van der Waals surface area contributed by atoms with Gasteiger partial charge in [-0.1, -0.05) is 11.2 Å². The molecule has 1 aliphatic rings. The first-order valence-electron chi connectivity index (χ1n) is 6.29. The average molecular weight is 417 g/mol. The number of hydroxylamine groups is 2. The summed E-state index contributed by atoms with van der Waals surface area (Å²) >= 11 is 1.82. The first kappa shape index (κ1) is 16.3. The van der Waals surface area contributed by atoms with Gasteiger partial charge in [0.2, 0.25) is 0 Å². The van der Waals surface area contributed by atoms with E-state index in [-0.39, 0.29) is 22.9 Å². The largest absolute Gasteiger partial charge is 0.506 e. The van der Waals surface area contributed by atoms with Crippen molar-refractivity contribution >= 4 is 40.7 Å². The molecule has 9 nitrogen and oxygen atoms in total. The van der Waals surface area contributed by atoms with Gasteiger partial charge in [0.25, 0.3) is 5.91 Å². The third kappa shape index (κ3) is 3.40. The number of hydrogen-bond donors (Lipinski definition) is 1. The summed E-state index contributed by atoms with van der Waals surface area (Å²) in [5, 5.41) is 15.0. The second kappa shape index (κ2) is 7.29. The van der Waals surface area contributed by atoms with Gasteiger partial charge < -0.3 is 14.8 Å². The number of benzene rings is 1. The number of rotatable bonds is 4. The predicted octanol–water partition coefficient (Wildman–Crippen LogP) is 1.78. The maximum absolute atomic E-state index is 12.4. The second-order valence-electron chi connectivity index (χ2n) is 4.41. The van der Waals surface area contributed by atoms with Crippen molar-refractivity contribution in [3.05, 3.63) is 31.7 Å². The molecule has 1 N–H and O–H groups in total. The molecule has 1 aromatic carbocycles. The SMILES string of the molecule is [N-]=[N+]=Nc1ccc(C(=O)N2CCN(OC=O)CC2)c(O)c1I. The smallest absolute Gasteiger partial charge is 0.312 e. The summed E-state index contributed by atoms with van der Waals surface area (Å²) in [7, 11) is 0. The molecule has 10 heteroatoms. The van der Waals surface area contributed by atoms with Gasteiger partial charge in [0.15, 0.2) is 0 Å². The Labute approximate surface area is 139 Å². The van der Waals surface area contributed by atoms with Gasteiger partial charge in [0.05, 0.1) is 27.9 Å². The molecule has 0 saturated carbocycles. The van der Waals surface area contributed by atoms with Gasteiger partial charge in [-0.25, -0.2) is 0 Å². The Balaban J connectivity index is 2.15. The van der Waals surface area contributed by atoms with Crippen molar-refractivity contribution < 1.29 is 19.5 Å². The number of nitrogens with zero attached hydrogens (tertiary/aromatic N) is 5. The highest BCUT2D eigenvalue weighted by molar-refractivity contribution is 14.1. The van der Waals surface area contributed by atoms with E-state index < -0.39 is 0 Å². The van der Waals surface area contributed by atoms with Crippen molar-refractivity contribution in [1.82, 2.24) is 9.96 Å². The van der Waals surface area contributed by atoms with Gasteiger partial charge in [-0.3, -0.25) is 9.59 Å². The minimum absolute atomic E-state index is 0.144. The van der Waals surface area contributed by atoms with Crippen LogP contribution in [-0.2, 0) is 9.63 Å². The van der Waals surface area contributed by atoms with Gasteiger partial charge in [-0.05, 0) is 34.2 Å². The molecule has 0 bridgehead atoms. The molecule has 0 unspecified atom stereocenters. The molecule has 2 rings (SSSR count). The van der Waals surface area contributed by atoms with Gasteiger partial charge in [-0.15, -0.1) is 5.06 Å². The highest BCUT2D eigenvalue weighted by Crippen LogP contribution is 2.33. The molecule has 1 aromatic rings. The normalized spacial score (nSPS) is 15.0. The van der Waals surface area contributed by atoms with Gasteiger partial charge in [-0.2, -0.15) is 0 Å². The highest BCUT2D eigenvalue weighted by atomic mass is 127. The fourth-order valence-corrected chi connectivity index (χ4v) is 2.66. The zero-order chi connectivity index (χ0) is 16.1. The van der Waals surface area contributed by atoms with Crippen LogP contribution < -0.4 is 0 Å². The lowest BCUT2D eigenvalue weighted by atomic mass is 10.1. The Bertz CT molecular complexity index is 639. The monoisotopic (exact) mass is 417 g/mol. The molecule has 1 fully saturated rings. The van der Waals surface area contributed by atoms with Crippen molar-refractivity contribution in [2.45, 2.75) is 0 Å². The molecular formula is C12H12IN5O4. The van der Waals surface area contributed by atoms with Crippen molar-refractivity contribution in [2.24, 2.45) is 5.11 Å². The number of aromatic hydroxyl groups is 1. The molecule has 1 saturated heterocycles. The number of carbonyl (C=O) groups excluding carboxylic acids is 2. The lowest BCUT2D eigenvalue weighted by Crippen LogP contribution is -2.48. The molecule has 0 aliphatic carbocycles. The first-order chi connectivity index (χ1) is 10.6. The molecule has 116 valence electrons. The lowest BCUT2D eigenvalue weighted by molar-refractivity contribution is -0.179. The van der Waals surface area contributed by atoms with Crippen molar-refractivity contribution in [3.8, 4) is 5.75 Å². The summed E-state index contributed by atoms with van der Waals surface area (Å²) in [5.74, 6) is -0.532. The molecule has 1 aliphatic heterocycles. The number of azide groups is 1. The Hall–Kier alpha value is -2.04. The van der Waals surface area contributed by atoms with E-state index in [1.807, 2.05) is 22.6 Å². The van der Waals surface area contributed by atoms with Crippen LogP contribution in [-0.4, -0.2) is 53.6 Å². The van der Waals surface area contributed by atoms with Crippen molar-refractivity contribution in [2.75, 3.05) is 26.2 Å². The minimum atomic E-state index is -0.325.